The average Bonchev–Trinajstić information content (AvgIpc) is 2.45. The van der Waals surface area contributed by atoms with Crippen molar-refractivity contribution in [2.75, 3.05) is 13.6 Å². The highest BCUT2D eigenvalue weighted by Crippen LogP contribution is 2.37. The molecule has 0 radical (unpaired) electrons. The van der Waals surface area contributed by atoms with Gasteiger partial charge in [-0.3, -0.25) is 0 Å². The smallest absolute Gasteiger partial charge is 0.0236 e. The summed E-state index contributed by atoms with van der Waals surface area (Å²) in [6.45, 7) is 3.17. The molecule has 0 saturated heterocycles. The zero-order valence-electron chi connectivity index (χ0n) is 12.4. The third-order valence-electron chi connectivity index (χ3n) is 4.68. The monoisotopic (exact) mass is 260 g/mol. The Morgan fingerprint density at radius 1 is 1.16 bits per heavy atom. The molecule has 1 atom stereocenters. The Hall–Kier alpha value is -0.860. The van der Waals surface area contributed by atoms with E-state index in [4.69, 9.17) is 5.73 Å². The molecular weight excluding hydrogens is 232 g/mol. The summed E-state index contributed by atoms with van der Waals surface area (Å²) in [4.78, 5) is 0. The van der Waals surface area contributed by atoms with Crippen molar-refractivity contribution in [3.8, 4) is 0 Å². The van der Waals surface area contributed by atoms with Crippen molar-refractivity contribution >= 4 is 0 Å². The van der Waals surface area contributed by atoms with E-state index < -0.39 is 0 Å². The molecule has 0 aliphatic heterocycles. The average molecular weight is 260 g/mol. The first-order valence-electron chi connectivity index (χ1n) is 7.72. The van der Waals surface area contributed by atoms with Gasteiger partial charge in [0.25, 0.3) is 0 Å². The van der Waals surface area contributed by atoms with Crippen molar-refractivity contribution in [1.82, 2.24) is 5.32 Å². The third kappa shape index (κ3) is 3.37. The number of nitrogens with two attached hydrogens (primary N) is 1. The van der Waals surface area contributed by atoms with Crippen LogP contribution in [0.5, 0.6) is 0 Å². The van der Waals surface area contributed by atoms with Crippen LogP contribution < -0.4 is 11.1 Å². The zero-order valence-corrected chi connectivity index (χ0v) is 12.4. The highest BCUT2D eigenvalue weighted by molar-refractivity contribution is 5.29. The maximum Gasteiger partial charge on any atom is 0.0236 e. The molecule has 1 aliphatic carbocycles. The van der Waals surface area contributed by atoms with E-state index in [0.717, 1.165) is 25.8 Å². The number of aryl methyl sites for hydroxylation is 1. The molecule has 19 heavy (non-hydrogen) atoms. The molecule has 3 N–H and O–H groups in total. The summed E-state index contributed by atoms with van der Waals surface area (Å²) < 4.78 is 0. The van der Waals surface area contributed by atoms with Gasteiger partial charge in [-0.2, -0.15) is 0 Å². The van der Waals surface area contributed by atoms with Crippen LogP contribution in [-0.2, 0) is 6.42 Å². The number of rotatable bonds is 5. The van der Waals surface area contributed by atoms with Gasteiger partial charge in [-0.25, -0.2) is 0 Å². The van der Waals surface area contributed by atoms with Crippen LogP contribution in [-0.4, -0.2) is 19.1 Å². The molecule has 1 aromatic carbocycles. The second kappa shape index (κ2) is 6.53. The lowest BCUT2D eigenvalue weighted by atomic mass is 9.70. The van der Waals surface area contributed by atoms with Crippen molar-refractivity contribution < 1.29 is 0 Å². The first-order valence-corrected chi connectivity index (χ1v) is 7.72. The Balaban J connectivity index is 2.22. The van der Waals surface area contributed by atoms with Gasteiger partial charge in [0.05, 0.1) is 0 Å². The van der Waals surface area contributed by atoms with E-state index >= 15 is 0 Å². The summed E-state index contributed by atoms with van der Waals surface area (Å²) in [5.74, 6) is 0.434. The summed E-state index contributed by atoms with van der Waals surface area (Å²) in [5.41, 5.74) is 9.54. The molecule has 0 amide bonds. The van der Waals surface area contributed by atoms with E-state index in [0.29, 0.717) is 5.92 Å². The molecule has 1 unspecified atom stereocenters. The third-order valence-corrected chi connectivity index (χ3v) is 4.68. The van der Waals surface area contributed by atoms with Crippen LogP contribution in [0.2, 0.25) is 0 Å². The van der Waals surface area contributed by atoms with Gasteiger partial charge in [0, 0.05) is 18.0 Å². The second-order valence-corrected chi connectivity index (χ2v) is 6.00. The first kappa shape index (κ1) is 14.5. The van der Waals surface area contributed by atoms with Crippen LogP contribution in [0.25, 0.3) is 0 Å². The van der Waals surface area contributed by atoms with E-state index in [9.17, 15) is 0 Å². The van der Waals surface area contributed by atoms with Crippen molar-refractivity contribution in [3.05, 3.63) is 35.4 Å². The molecule has 106 valence electrons. The largest absolute Gasteiger partial charge is 0.325 e. The van der Waals surface area contributed by atoms with Gasteiger partial charge >= 0.3 is 0 Å². The molecule has 2 heteroatoms. The lowest BCUT2D eigenvalue weighted by Gasteiger charge is -2.41. The summed E-state index contributed by atoms with van der Waals surface area (Å²) in [5, 5.41) is 3.34. The van der Waals surface area contributed by atoms with E-state index in [1.54, 1.807) is 0 Å². The Labute approximate surface area is 117 Å². The van der Waals surface area contributed by atoms with E-state index in [1.807, 2.05) is 7.05 Å². The Morgan fingerprint density at radius 3 is 2.32 bits per heavy atom. The normalized spacial score (nSPS) is 20.2. The molecule has 1 aromatic rings. The van der Waals surface area contributed by atoms with Crippen LogP contribution in [0.1, 0.15) is 56.1 Å². The summed E-state index contributed by atoms with van der Waals surface area (Å²) in [7, 11) is 2.03. The molecule has 1 fully saturated rings. The van der Waals surface area contributed by atoms with Gasteiger partial charge in [-0.15, -0.1) is 0 Å². The lowest BCUT2D eigenvalue weighted by molar-refractivity contribution is 0.243. The molecule has 1 aliphatic rings. The van der Waals surface area contributed by atoms with E-state index in [1.165, 1.54) is 30.4 Å². The minimum atomic E-state index is -0.0189. The molecule has 0 aromatic heterocycles. The molecule has 0 spiro atoms. The lowest BCUT2D eigenvalue weighted by Crippen LogP contribution is -2.50. The van der Waals surface area contributed by atoms with Crippen LogP contribution >= 0.6 is 0 Å². The fraction of sp³-hybridized carbons (Fsp3) is 0.647. The number of benzene rings is 1. The second-order valence-electron chi connectivity index (χ2n) is 6.00. The topological polar surface area (TPSA) is 38.0 Å². The van der Waals surface area contributed by atoms with E-state index in [-0.39, 0.29) is 5.54 Å². The first-order chi connectivity index (χ1) is 9.19. The maximum atomic E-state index is 6.75. The molecule has 2 rings (SSSR count). The van der Waals surface area contributed by atoms with Crippen molar-refractivity contribution in [2.45, 2.75) is 56.9 Å². The molecule has 0 bridgehead atoms. The Bertz CT molecular complexity index is 377. The van der Waals surface area contributed by atoms with Crippen LogP contribution in [0.3, 0.4) is 0 Å². The minimum absolute atomic E-state index is 0.0189. The van der Waals surface area contributed by atoms with Crippen LogP contribution in [0, 0.1) is 0 Å². The fourth-order valence-electron chi connectivity index (χ4n) is 3.40. The summed E-state index contributed by atoms with van der Waals surface area (Å²) in [6, 6.07) is 9.07. The predicted molar refractivity (Wildman–Crippen MR) is 82.5 cm³/mol. The van der Waals surface area contributed by atoms with Crippen molar-refractivity contribution in [1.29, 1.82) is 0 Å². The molecule has 2 nitrogen and oxygen atoms in total. The highest BCUT2D eigenvalue weighted by atomic mass is 14.9. The molecule has 1 saturated carbocycles. The Morgan fingerprint density at radius 2 is 1.79 bits per heavy atom. The number of hydrogen-bond acceptors (Lipinski definition) is 2. The van der Waals surface area contributed by atoms with Gasteiger partial charge in [0.15, 0.2) is 0 Å². The van der Waals surface area contributed by atoms with Crippen molar-refractivity contribution in [2.24, 2.45) is 5.73 Å². The summed E-state index contributed by atoms with van der Waals surface area (Å²) in [6.07, 6.45) is 7.34. The van der Waals surface area contributed by atoms with Gasteiger partial charge in [0.2, 0.25) is 0 Å². The van der Waals surface area contributed by atoms with E-state index in [2.05, 4.69) is 36.5 Å². The standard InChI is InChI=1S/C17H28N2/c1-3-14-7-9-15(10-8-14)16(13-19-2)17(18)11-5-4-6-12-17/h7-10,16,19H,3-6,11-13,18H2,1-2H3. The SMILES string of the molecule is CCc1ccc(C(CNC)C2(N)CCCCC2)cc1. The van der Waals surface area contributed by atoms with Crippen LogP contribution in [0.15, 0.2) is 24.3 Å². The maximum absolute atomic E-state index is 6.75. The van der Waals surface area contributed by atoms with Gasteiger partial charge in [-0.1, -0.05) is 50.5 Å². The van der Waals surface area contributed by atoms with Crippen LogP contribution in [0.4, 0.5) is 0 Å². The number of nitrogens with one attached hydrogen (secondary N) is 1. The highest BCUT2D eigenvalue weighted by Gasteiger charge is 2.36. The van der Waals surface area contributed by atoms with Gasteiger partial charge in [0.1, 0.15) is 0 Å². The van der Waals surface area contributed by atoms with Gasteiger partial charge in [-0.05, 0) is 37.4 Å². The molecular formula is C17H28N2. The quantitative estimate of drug-likeness (QED) is 0.853. The zero-order chi connectivity index (χ0) is 13.7. The Kier molecular flexibility index (Phi) is 5.00. The molecule has 0 heterocycles. The predicted octanol–water partition coefficient (Wildman–Crippen LogP) is 3.21. The minimum Gasteiger partial charge on any atom is -0.325 e. The summed E-state index contributed by atoms with van der Waals surface area (Å²) >= 11 is 0. The van der Waals surface area contributed by atoms with Gasteiger partial charge < -0.3 is 11.1 Å². The van der Waals surface area contributed by atoms with Crippen molar-refractivity contribution in [3.63, 3.8) is 0 Å². The fourth-order valence-corrected chi connectivity index (χ4v) is 3.40. The number of likely N-dealkylation sites (N-methyl/N-ethyl adjacent to an activating group) is 1. The number of hydrogen-bond donors (Lipinski definition) is 2.